The lowest BCUT2D eigenvalue weighted by Gasteiger charge is -2.34. The number of benzene rings is 4. The van der Waals surface area contributed by atoms with E-state index in [0.717, 1.165) is 11.1 Å². The summed E-state index contributed by atoms with van der Waals surface area (Å²) in [6, 6.07) is 33.9. The van der Waals surface area contributed by atoms with Crippen LogP contribution >= 0.6 is 0 Å². The second-order valence-corrected chi connectivity index (χ2v) is 8.55. The molecule has 1 aliphatic rings. The molecule has 2 atom stereocenters. The minimum Gasteiger partial charge on any atom is -0.425 e. The van der Waals surface area contributed by atoms with Crippen LogP contribution in [0.3, 0.4) is 0 Å². The molecule has 4 aromatic rings. The molecule has 0 aromatic heterocycles. The van der Waals surface area contributed by atoms with Crippen LogP contribution in [0.15, 0.2) is 121 Å². The van der Waals surface area contributed by atoms with Crippen molar-refractivity contribution in [3.8, 4) is 0 Å². The van der Waals surface area contributed by atoms with Gasteiger partial charge >= 0.3 is 5.97 Å². The molecule has 0 fully saturated rings. The van der Waals surface area contributed by atoms with Gasteiger partial charge in [-0.3, -0.25) is 9.59 Å². The van der Waals surface area contributed by atoms with Crippen LogP contribution in [-0.4, -0.2) is 11.8 Å². The third-order valence-electron chi connectivity index (χ3n) is 6.31. The van der Waals surface area contributed by atoms with E-state index in [1.165, 1.54) is 12.1 Å². The fourth-order valence-electron chi connectivity index (χ4n) is 4.64. The van der Waals surface area contributed by atoms with Crippen molar-refractivity contribution in [2.45, 2.75) is 12.3 Å². The molecule has 0 N–H and O–H groups in total. The van der Waals surface area contributed by atoms with Crippen LogP contribution in [0.4, 0.5) is 4.39 Å². The van der Waals surface area contributed by atoms with E-state index in [-0.39, 0.29) is 17.4 Å². The highest BCUT2D eigenvalue weighted by molar-refractivity contribution is 6.15. The molecule has 0 amide bonds. The van der Waals surface area contributed by atoms with Crippen molar-refractivity contribution < 1.29 is 18.7 Å². The molecular formula is C31H23FO3. The number of rotatable bonds is 6. The van der Waals surface area contributed by atoms with E-state index in [2.05, 4.69) is 0 Å². The number of cyclic esters (lactones) is 1. The molecule has 4 heteroatoms. The van der Waals surface area contributed by atoms with Gasteiger partial charge in [0.1, 0.15) is 11.6 Å². The maximum Gasteiger partial charge on any atom is 0.315 e. The van der Waals surface area contributed by atoms with Crippen molar-refractivity contribution in [2.24, 2.45) is 5.92 Å². The van der Waals surface area contributed by atoms with Crippen molar-refractivity contribution in [2.75, 3.05) is 0 Å². The largest absolute Gasteiger partial charge is 0.425 e. The number of hydrogen-bond donors (Lipinski definition) is 0. The topological polar surface area (TPSA) is 43.4 Å². The summed E-state index contributed by atoms with van der Waals surface area (Å²) >= 11 is 0. The van der Waals surface area contributed by atoms with Crippen LogP contribution in [0, 0.1) is 11.7 Å². The maximum atomic E-state index is 14.0. The molecule has 1 heterocycles. The first-order valence-corrected chi connectivity index (χ1v) is 11.5. The molecule has 0 radical (unpaired) electrons. The highest BCUT2D eigenvalue weighted by Gasteiger charge is 2.43. The predicted molar refractivity (Wildman–Crippen MR) is 133 cm³/mol. The number of hydrogen-bond acceptors (Lipinski definition) is 3. The Morgan fingerprint density at radius 1 is 0.743 bits per heavy atom. The molecule has 1 aliphatic heterocycles. The minimum atomic E-state index is -0.655. The van der Waals surface area contributed by atoms with Gasteiger partial charge in [-0.05, 0) is 29.7 Å². The lowest BCUT2D eigenvalue weighted by molar-refractivity contribution is -0.143. The summed E-state index contributed by atoms with van der Waals surface area (Å²) in [5, 5.41) is 0. The van der Waals surface area contributed by atoms with Crippen LogP contribution in [0.1, 0.15) is 33.0 Å². The number of allylic oxidation sites excluding steroid dienone is 1. The normalized spacial score (nSPS) is 17.7. The Hall–Kier alpha value is -4.31. The Morgan fingerprint density at radius 2 is 1.31 bits per heavy atom. The number of carbonyl (C=O) groups is 2. The summed E-state index contributed by atoms with van der Waals surface area (Å²) in [5.74, 6) is -1.84. The second-order valence-electron chi connectivity index (χ2n) is 8.55. The maximum absolute atomic E-state index is 14.0. The Kier molecular flexibility index (Phi) is 6.36. The van der Waals surface area contributed by atoms with Crippen molar-refractivity contribution in [3.05, 3.63) is 149 Å². The number of carbonyl (C=O) groups excluding carboxylic acids is 2. The average molecular weight is 463 g/mol. The summed E-state index contributed by atoms with van der Waals surface area (Å²) in [5.41, 5.74) is 3.28. The predicted octanol–water partition coefficient (Wildman–Crippen LogP) is 6.62. The molecule has 4 aromatic carbocycles. The molecule has 0 unspecified atom stereocenters. The van der Waals surface area contributed by atoms with Gasteiger partial charge in [-0.15, -0.1) is 0 Å². The monoisotopic (exact) mass is 462 g/mol. The Bertz CT molecular complexity index is 1360. The molecule has 172 valence electrons. The highest BCUT2D eigenvalue weighted by Crippen LogP contribution is 2.44. The van der Waals surface area contributed by atoms with E-state index in [9.17, 15) is 14.0 Å². The Balaban J connectivity index is 1.71. The number of esters is 1. The summed E-state index contributed by atoms with van der Waals surface area (Å²) < 4.78 is 19.5. The lowest BCUT2D eigenvalue weighted by atomic mass is 9.73. The molecule has 0 saturated heterocycles. The fraction of sp³-hybridized carbons (Fsp3) is 0.0968. The molecule has 0 aliphatic carbocycles. The zero-order chi connectivity index (χ0) is 24.2. The zero-order valence-electron chi connectivity index (χ0n) is 18.9. The zero-order valence-corrected chi connectivity index (χ0v) is 18.9. The van der Waals surface area contributed by atoms with E-state index in [1.807, 2.05) is 78.9 Å². The molecule has 3 nitrogen and oxygen atoms in total. The van der Waals surface area contributed by atoms with Crippen LogP contribution in [0.5, 0.6) is 0 Å². The van der Waals surface area contributed by atoms with Gasteiger partial charge < -0.3 is 4.74 Å². The van der Waals surface area contributed by atoms with Crippen molar-refractivity contribution in [1.29, 1.82) is 0 Å². The van der Waals surface area contributed by atoms with Gasteiger partial charge in [-0.1, -0.05) is 103 Å². The van der Waals surface area contributed by atoms with Crippen molar-refractivity contribution >= 4 is 17.5 Å². The fourth-order valence-corrected chi connectivity index (χ4v) is 4.64. The van der Waals surface area contributed by atoms with E-state index in [4.69, 9.17) is 4.74 Å². The number of ether oxygens (including phenoxy) is 1. The van der Waals surface area contributed by atoms with E-state index in [0.29, 0.717) is 23.1 Å². The van der Waals surface area contributed by atoms with E-state index < -0.39 is 17.8 Å². The van der Waals surface area contributed by atoms with Crippen LogP contribution in [0.2, 0.25) is 0 Å². The van der Waals surface area contributed by atoms with Crippen LogP contribution in [0.25, 0.3) is 5.76 Å². The number of halogens is 1. The van der Waals surface area contributed by atoms with Crippen LogP contribution < -0.4 is 0 Å². The van der Waals surface area contributed by atoms with Crippen LogP contribution in [-0.2, 0) is 16.0 Å². The quantitative estimate of drug-likeness (QED) is 0.239. The van der Waals surface area contributed by atoms with Crippen molar-refractivity contribution in [1.82, 2.24) is 0 Å². The van der Waals surface area contributed by atoms with Gasteiger partial charge in [-0.2, -0.15) is 0 Å². The van der Waals surface area contributed by atoms with Gasteiger partial charge in [0, 0.05) is 17.0 Å². The Labute approximate surface area is 203 Å². The SMILES string of the molecule is O=C(C1=C(c2ccccc2)OC(=O)[C@H](Cc2ccc(F)cc2)[C@@H]1c1ccccc1)c1ccccc1. The second kappa shape index (κ2) is 9.90. The summed E-state index contributed by atoms with van der Waals surface area (Å²) in [6.45, 7) is 0. The smallest absolute Gasteiger partial charge is 0.315 e. The summed E-state index contributed by atoms with van der Waals surface area (Å²) in [6.07, 6.45) is 0.312. The molecule has 0 saturated carbocycles. The first-order chi connectivity index (χ1) is 17.1. The third-order valence-corrected chi connectivity index (χ3v) is 6.31. The van der Waals surface area contributed by atoms with Crippen molar-refractivity contribution in [3.63, 3.8) is 0 Å². The van der Waals surface area contributed by atoms with Gasteiger partial charge in [0.25, 0.3) is 0 Å². The number of ketones is 1. The van der Waals surface area contributed by atoms with Gasteiger partial charge in [-0.25, -0.2) is 4.39 Å². The van der Waals surface area contributed by atoms with E-state index in [1.54, 1.807) is 24.3 Å². The summed E-state index contributed by atoms with van der Waals surface area (Å²) in [4.78, 5) is 27.5. The first kappa shape index (κ1) is 22.5. The highest BCUT2D eigenvalue weighted by atomic mass is 19.1. The standard InChI is InChI=1S/C31H23FO3/c32-25-18-16-21(17-19-25)20-26-27(22-10-4-1-5-11-22)28(29(33)23-12-6-2-7-13-23)30(35-31(26)34)24-14-8-3-9-15-24/h1-19,26-27H,20H2/t26-,27+/m1/s1. The summed E-state index contributed by atoms with van der Waals surface area (Å²) in [7, 11) is 0. The molecule has 35 heavy (non-hydrogen) atoms. The van der Waals surface area contributed by atoms with E-state index >= 15 is 0 Å². The van der Waals surface area contributed by atoms with Gasteiger partial charge in [0.05, 0.1) is 11.5 Å². The third kappa shape index (κ3) is 4.69. The van der Waals surface area contributed by atoms with Gasteiger partial charge in [0.2, 0.25) is 0 Å². The molecule has 0 bridgehead atoms. The first-order valence-electron chi connectivity index (χ1n) is 11.5. The molecule has 5 rings (SSSR count). The molecular weight excluding hydrogens is 439 g/mol. The average Bonchev–Trinajstić information content (AvgIpc) is 2.91. The molecule has 0 spiro atoms. The Morgan fingerprint density at radius 3 is 1.94 bits per heavy atom. The van der Waals surface area contributed by atoms with Gasteiger partial charge in [0.15, 0.2) is 5.78 Å². The minimum absolute atomic E-state index is 0.185. The number of Topliss-reactive ketones (excluding diaryl/α,β-unsaturated/α-hetero) is 1. The lowest BCUT2D eigenvalue weighted by Crippen LogP contribution is -2.35.